The number of piperidine rings is 1. The Morgan fingerprint density at radius 3 is 2.65 bits per heavy atom. The van der Waals surface area contributed by atoms with E-state index in [4.69, 9.17) is 9.57 Å². The van der Waals surface area contributed by atoms with Crippen LogP contribution < -0.4 is 5.32 Å². The van der Waals surface area contributed by atoms with E-state index in [-0.39, 0.29) is 11.6 Å². The Bertz CT molecular complexity index is 531. The van der Waals surface area contributed by atoms with Gasteiger partial charge in [-0.05, 0) is 17.7 Å². The normalized spacial score (nSPS) is 20.4. The zero-order valence-corrected chi connectivity index (χ0v) is 11.6. The number of carbonyl (C=O) groups excluding carboxylic acids is 1. The van der Waals surface area contributed by atoms with Crippen LogP contribution in [0.4, 0.5) is 0 Å². The van der Waals surface area contributed by atoms with Crippen LogP contribution in [0.1, 0.15) is 35.2 Å². The molecule has 5 heteroatoms. The largest absolute Gasteiger partial charge is 0.465 e. The van der Waals surface area contributed by atoms with Crippen molar-refractivity contribution in [2.45, 2.75) is 24.9 Å². The zero-order chi connectivity index (χ0) is 14.0. The van der Waals surface area contributed by atoms with Gasteiger partial charge in [-0.15, -0.1) is 0 Å². The minimum atomic E-state index is -0.319. The number of hydrogen-bond donors (Lipinski definition) is 1. The number of methoxy groups -OCH3 is 1. The Morgan fingerprint density at radius 2 is 2.00 bits per heavy atom. The molecular formula is C15H19N2O3+. The number of carbonyl (C=O) groups is 1. The van der Waals surface area contributed by atoms with E-state index in [0.29, 0.717) is 5.56 Å². The standard InChI is InChI=1S/C15H18N2O3/c1-19-14(18)12-4-2-11(3-5-12)13-10-15(20-17-13)6-8-16-9-7-15/h2-5,16H,6-10H2,1H3/p+1. The second-order valence-electron chi connectivity index (χ2n) is 5.42. The van der Waals surface area contributed by atoms with E-state index in [1.54, 1.807) is 12.1 Å². The molecule has 3 rings (SSSR count). The van der Waals surface area contributed by atoms with Gasteiger partial charge in [-0.25, -0.2) is 4.79 Å². The lowest BCUT2D eigenvalue weighted by Crippen LogP contribution is -2.87. The van der Waals surface area contributed by atoms with Crippen molar-refractivity contribution in [3.63, 3.8) is 0 Å². The number of quaternary nitrogens is 1. The van der Waals surface area contributed by atoms with Crippen molar-refractivity contribution in [3.05, 3.63) is 35.4 Å². The molecule has 5 nitrogen and oxygen atoms in total. The second-order valence-corrected chi connectivity index (χ2v) is 5.42. The number of oxime groups is 1. The molecule has 1 aromatic carbocycles. The van der Waals surface area contributed by atoms with Crippen LogP contribution in [-0.4, -0.2) is 37.5 Å². The number of nitrogens with zero attached hydrogens (tertiary/aromatic N) is 1. The Labute approximate surface area is 117 Å². The highest BCUT2D eigenvalue weighted by Gasteiger charge is 2.42. The summed E-state index contributed by atoms with van der Waals surface area (Å²) < 4.78 is 4.69. The first kappa shape index (κ1) is 13.1. The summed E-state index contributed by atoms with van der Waals surface area (Å²) in [7, 11) is 1.38. The molecule has 0 saturated carbocycles. The van der Waals surface area contributed by atoms with Gasteiger partial charge in [0, 0.05) is 19.3 Å². The van der Waals surface area contributed by atoms with E-state index >= 15 is 0 Å². The Balaban J connectivity index is 1.73. The molecule has 20 heavy (non-hydrogen) atoms. The summed E-state index contributed by atoms with van der Waals surface area (Å²) in [5.41, 5.74) is 2.45. The monoisotopic (exact) mass is 275 g/mol. The van der Waals surface area contributed by atoms with Crippen LogP contribution in [-0.2, 0) is 9.57 Å². The van der Waals surface area contributed by atoms with Crippen LogP contribution in [0.5, 0.6) is 0 Å². The van der Waals surface area contributed by atoms with Gasteiger partial charge < -0.3 is 14.9 Å². The lowest BCUT2D eigenvalue weighted by atomic mass is 9.86. The average molecular weight is 275 g/mol. The van der Waals surface area contributed by atoms with Crippen molar-refractivity contribution in [3.8, 4) is 0 Å². The number of hydrogen-bond acceptors (Lipinski definition) is 4. The fraction of sp³-hybridized carbons (Fsp3) is 0.467. The predicted molar refractivity (Wildman–Crippen MR) is 73.6 cm³/mol. The molecule has 0 amide bonds. The molecule has 2 aliphatic heterocycles. The van der Waals surface area contributed by atoms with Crippen LogP contribution in [0.3, 0.4) is 0 Å². The summed E-state index contributed by atoms with van der Waals surface area (Å²) in [6.07, 6.45) is 2.94. The number of rotatable bonds is 2. The van der Waals surface area contributed by atoms with Crippen molar-refractivity contribution in [1.82, 2.24) is 0 Å². The maximum Gasteiger partial charge on any atom is 0.337 e. The van der Waals surface area contributed by atoms with E-state index in [0.717, 1.165) is 43.6 Å². The van der Waals surface area contributed by atoms with Gasteiger partial charge in [0.15, 0.2) is 5.60 Å². The molecule has 0 aromatic heterocycles. The van der Waals surface area contributed by atoms with Crippen LogP contribution in [0.25, 0.3) is 0 Å². The Hall–Kier alpha value is -1.88. The molecule has 0 aliphatic carbocycles. The van der Waals surface area contributed by atoms with Crippen LogP contribution >= 0.6 is 0 Å². The SMILES string of the molecule is COC(=O)c1ccc(C2=NOC3(CC[NH2+]CC3)C2)cc1. The van der Waals surface area contributed by atoms with Crippen molar-refractivity contribution in [2.24, 2.45) is 5.16 Å². The predicted octanol–water partition coefficient (Wildman–Crippen LogP) is 0.694. The average Bonchev–Trinajstić information content (AvgIpc) is 2.91. The highest BCUT2D eigenvalue weighted by atomic mass is 16.7. The van der Waals surface area contributed by atoms with Crippen molar-refractivity contribution < 1.29 is 19.7 Å². The number of benzene rings is 1. The third-order valence-electron chi connectivity index (χ3n) is 4.09. The molecule has 1 aromatic rings. The van der Waals surface area contributed by atoms with E-state index in [1.165, 1.54) is 7.11 Å². The van der Waals surface area contributed by atoms with Crippen LogP contribution in [0.15, 0.2) is 29.4 Å². The zero-order valence-electron chi connectivity index (χ0n) is 11.6. The van der Waals surface area contributed by atoms with Crippen molar-refractivity contribution in [2.75, 3.05) is 20.2 Å². The molecule has 1 fully saturated rings. The van der Waals surface area contributed by atoms with Gasteiger partial charge in [0.05, 0.1) is 31.5 Å². The van der Waals surface area contributed by atoms with E-state index < -0.39 is 0 Å². The molecule has 106 valence electrons. The Morgan fingerprint density at radius 1 is 1.30 bits per heavy atom. The molecule has 0 unspecified atom stereocenters. The second kappa shape index (κ2) is 5.25. The van der Waals surface area contributed by atoms with Crippen molar-refractivity contribution in [1.29, 1.82) is 0 Å². The summed E-state index contributed by atoms with van der Waals surface area (Å²) in [4.78, 5) is 17.1. The minimum absolute atomic E-state index is 0.0922. The van der Waals surface area contributed by atoms with Crippen LogP contribution in [0.2, 0.25) is 0 Å². The minimum Gasteiger partial charge on any atom is -0.465 e. The van der Waals surface area contributed by atoms with Gasteiger partial charge in [0.1, 0.15) is 0 Å². The molecule has 0 radical (unpaired) electrons. The third kappa shape index (κ3) is 2.41. The molecular weight excluding hydrogens is 256 g/mol. The molecule has 1 spiro atoms. The highest BCUT2D eigenvalue weighted by Crippen LogP contribution is 2.33. The highest BCUT2D eigenvalue weighted by molar-refractivity contribution is 6.02. The van der Waals surface area contributed by atoms with Gasteiger partial charge in [-0.2, -0.15) is 0 Å². The Kier molecular flexibility index (Phi) is 3.44. The fourth-order valence-corrected chi connectivity index (χ4v) is 2.86. The van der Waals surface area contributed by atoms with E-state index in [2.05, 4.69) is 10.5 Å². The smallest absolute Gasteiger partial charge is 0.337 e. The quantitative estimate of drug-likeness (QED) is 0.808. The summed E-state index contributed by atoms with van der Waals surface area (Å²) in [5.74, 6) is -0.319. The number of nitrogens with two attached hydrogens (primary N) is 1. The molecule has 2 heterocycles. The van der Waals surface area contributed by atoms with Gasteiger partial charge in [0.2, 0.25) is 0 Å². The fourth-order valence-electron chi connectivity index (χ4n) is 2.86. The number of ether oxygens (including phenoxy) is 1. The summed E-state index contributed by atoms with van der Waals surface area (Å²) >= 11 is 0. The van der Waals surface area contributed by atoms with E-state index in [1.807, 2.05) is 12.1 Å². The van der Waals surface area contributed by atoms with Crippen molar-refractivity contribution >= 4 is 11.7 Å². The first-order valence-electron chi connectivity index (χ1n) is 6.98. The van der Waals surface area contributed by atoms with Gasteiger partial charge in [0.25, 0.3) is 0 Å². The third-order valence-corrected chi connectivity index (χ3v) is 4.09. The first-order valence-corrected chi connectivity index (χ1v) is 6.98. The lowest BCUT2D eigenvalue weighted by molar-refractivity contribution is -0.668. The molecule has 0 atom stereocenters. The summed E-state index contributed by atoms with van der Waals surface area (Å²) in [6, 6.07) is 7.34. The number of esters is 1. The van der Waals surface area contributed by atoms with Gasteiger partial charge in [-0.3, -0.25) is 0 Å². The molecule has 2 aliphatic rings. The first-order chi connectivity index (χ1) is 9.72. The summed E-state index contributed by atoms with van der Waals surface area (Å²) in [5, 5.41) is 6.58. The maximum absolute atomic E-state index is 11.4. The molecule has 2 N–H and O–H groups in total. The van der Waals surface area contributed by atoms with E-state index in [9.17, 15) is 4.79 Å². The lowest BCUT2D eigenvalue weighted by Gasteiger charge is -2.28. The van der Waals surface area contributed by atoms with Gasteiger partial charge in [-0.1, -0.05) is 17.3 Å². The summed E-state index contributed by atoms with van der Waals surface area (Å²) in [6.45, 7) is 2.20. The molecule has 0 bridgehead atoms. The van der Waals surface area contributed by atoms with Crippen LogP contribution in [0, 0.1) is 0 Å². The van der Waals surface area contributed by atoms with Gasteiger partial charge >= 0.3 is 5.97 Å². The topological polar surface area (TPSA) is 64.5 Å². The maximum atomic E-state index is 11.4. The molecule has 1 saturated heterocycles.